The minimum absolute atomic E-state index is 0.390. The molecule has 2 atom stereocenters. The largest absolute Gasteiger partial charge is 0.468 e. The molecule has 2 aromatic carbocycles. The van der Waals surface area contributed by atoms with Crippen molar-refractivity contribution in [1.82, 2.24) is 0 Å². The number of carbonyl (C=O) groups excluding carboxylic acids is 2. The van der Waals surface area contributed by atoms with Crippen LogP contribution in [0, 0.1) is 0 Å². The highest BCUT2D eigenvalue weighted by Gasteiger charge is 2.58. The number of rotatable bonds is 4. The molecule has 1 heterocycles. The average molecular weight is 307 g/mol. The van der Waals surface area contributed by atoms with E-state index in [1.54, 1.807) is 18.2 Å². The number of methoxy groups -OCH3 is 1. The summed E-state index contributed by atoms with van der Waals surface area (Å²) in [4.78, 5) is 25.6. The van der Waals surface area contributed by atoms with Gasteiger partial charge in [0.25, 0.3) is 0 Å². The summed E-state index contributed by atoms with van der Waals surface area (Å²) in [6.45, 7) is 3.86. The van der Waals surface area contributed by atoms with E-state index in [0.717, 1.165) is 5.56 Å². The predicted octanol–water partition coefficient (Wildman–Crippen LogP) is 3.02. The number of esters is 1. The van der Waals surface area contributed by atoms with E-state index in [2.05, 4.69) is 11.9 Å². The van der Waals surface area contributed by atoms with Crippen molar-refractivity contribution >= 4 is 17.6 Å². The van der Waals surface area contributed by atoms with Gasteiger partial charge in [-0.2, -0.15) is 0 Å². The van der Waals surface area contributed by atoms with Gasteiger partial charge in [-0.25, -0.2) is 0 Å². The van der Waals surface area contributed by atoms with E-state index in [-0.39, 0.29) is 5.91 Å². The minimum atomic E-state index is -1.46. The van der Waals surface area contributed by atoms with Crippen molar-refractivity contribution in [3.8, 4) is 0 Å². The zero-order valence-corrected chi connectivity index (χ0v) is 12.8. The highest BCUT2D eigenvalue weighted by Crippen LogP contribution is 2.48. The SMILES string of the molecule is C=C[C@H](c1ccccc1)[C@@]1(C(=O)OC)C(=O)Nc2ccccc21. The van der Waals surface area contributed by atoms with Gasteiger partial charge in [0.1, 0.15) is 0 Å². The van der Waals surface area contributed by atoms with Crippen molar-refractivity contribution in [3.05, 3.63) is 78.4 Å². The molecule has 0 aliphatic carbocycles. The van der Waals surface area contributed by atoms with Crippen LogP contribution in [0.5, 0.6) is 0 Å². The number of anilines is 1. The number of amides is 1. The summed E-state index contributed by atoms with van der Waals surface area (Å²) < 4.78 is 5.02. The fourth-order valence-electron chi connectivity index (χ4n) is 3.30. The molecule has 0 fully saturated rings. The van der Waals surface area contributed by atoms with Crippen LogP contribution in [0.3, 0.4) is 0 Å². The van der Waals surface area contributed by atoms with Crippen molar-refractivity contribution in [2.75, 3.05) is 12.4 Å². The molecule has 0 spiro atoms. The second kappa shape index (κ2) is 5.72. The molecule has 1 aliphatic rings. The van der Waals surface area contributed by atoms with Crippen molar-refractivity contribution < 1.29 is 14.3 Å². The van der Waals surface area contributed by atoms with E-state index in [9.17, 15) is 9.59 Å². The molecule has 0 radical (unpaired) electrons. The molecule has 116 valence electrons. The molecule has 0 bridgehead atoms. The zero-order chi connectivity index (χ0) is 16.4. The molecule has 23 heavy (non-hydrogen) atoms. The van der Waals surface area contributed by atoms with Crippen LogP contribution in [0.15, 0.2) is 67.3 Å². The Kier molecular flexibility index (Phi) is 3.74. The van der Waals surface area contributed by atoms with Crippen LogP contribution in [0.4, 0.5) is 5.69 Å². The molecule has 0 aromatic heterocycles. The van der Waals surface area contributed by atoms with Gasteiger partial charge in [0.05, 0.1) is 7.11 Å². The van der Waals surface area contributed by atoms with Gasteiger partial charge in [0.15, 0.2) is 5.41 Å². The summed E-state index contributed by atoms with van der Waals surface area (Å²) in [7, 11) is 1.30. The first-order valence-electron chi connectivity index (χ1n) is 7.33. The van der Waals surface area contributed by atoms with Crippen molar-refractivity contribution in [1.29, 1.82) is 0 Å². The molecule has 3 rings (SSSR count). The first-order chi connectivity index (χ1) is 11.2. The Labute approximate surface area is 134 Å². The van der Waals surface area contributed by atoms with Gasteiger partial charge in [-0.3, -0.25) is 9.59 Å². The first kappa shape index (κ1) is 15.0. The Morgan fingerprint density at radius 3 is 2.48 bits per heavy atom. The average Bonchev–Trinajstić information content (AvgIpc) is 2.89. The van der Waals surface area contributed by atoms with E-state index in [1.165, 1.54) is 7.11 Å². The third-order valence-electron chi connectivity index (χ3n) is 4.33. The lowest BCUT2D eigenvalue weighted by atomic mass is 9.68. The number of allylic oxidation sites excluding steroid dienone is 1. The molecule has 1 aliphatic heterocycles. The second-order valence-corrected chi connectivity index (χ2v) is 5.42. The zero-order valence-electron chi connectivity index (χ0n) is 12.8. The predicted molar refractivity (Wildman–Crippen MR) is 88.1 cm³/mol. The Hall–Kier alpha value is -2.88. The fourth-order valence-corrected chi connectivity index (χ4v) is 3.30. The number of nitrogens with one attached hydrogen (secondary N) is 1. The van der Waals surface area contributed by atoms with Crippen molar-refractivity contribution in [2.24, 2.45) is 0 Å². The number of carbonyl (C=O) groups is 2. The van der Waals surface area contributed by atoms with Crippen molar-refractivity contribution in [3.63, 3.8) is 0 Å². The van der Waals surface area contributed by atoms with Gasteiger partial charge < -0.3 is 10.1 Å². The Balaban J connectivity index is 2.29. The molecule has 0 saturated heterocycles. The Morgan fingerprint density at radius 2 is 1.83 bits per heavy atom. The highest BCUT2D eigenvalue weighted by molar-refractivity contribution is 6.20. The highest BCUT2D eigenvalue weighted by atomic mass is 16.5. The number of hydrogen-bond donors (Lipinski definition) is 1. The lowest BCUT2D eigenvalue weighted by Gasteiger charge is -2.31. The molecular weight excluding hydrogens is 290 g/mol. The van der Waals surface area contributed by atoms with Crippen LogP contribution in [-0.4, -0.2) is 19.0 Å². The molecule has 4 heteroatoms. The van der Waals surface area contributed by atoms with E-state index in [1.807, 2.05) is 42.5 Å². The maximum absolute atomic E-state index is 12.9. The van der Waals surface area contributed by atoms with Crippen LogP contribution in [0.2, 0.25) is 0 Å². The normalized spacial score (nSPS) is 20.3. The first-order valence-corrected chi connectivity index (χ1v) is 7.33. The van der Waals surface area contributed by atoms with Crippen LogP contribution in [-0.2, 0) is 19.7 Å². The van der Waals surface area contributed by atoms with E-state index in [0.29, 0.717) is 11.3 Å². The van der Waals surface area contributed by atoms with Crippen LogP contribution < -0.4 is 5.32 Å². The van der Waals surface area contributed by atoms with Gasteiger partial charge in [0.2, 0.25) is 5.91 Å². The lowest BCUT2D eigenvalue weighted by molar-refractivity contribution is -0.151. The van der Waals surface area contributed by atoms with Gasteiger partial charge in [-0.05, 0) is 11.6 Å². The number of benzene rings is 2. The quantitative estimate of drug-likeness (QED) is 0.536. The summed E-state index contributed by atoms with van der Waals surface area (Å²) in [5, 5.41) is 2.80. The maximum atomic E-state index is 12.9. The second-order valence-electron chi connectivity index (χ2n) is 5.42. The van der Waals surface area contributed by atoms with Gasteiger partial charge in [-0.1, -0.05) is 54.6 Å². The summed E-state index contributed by atoms with van der Waals surface area (Å²) in [6, 6.07) is 16.6. The van der Waals surface area contributed by atoms with E-state index >= 15 is 0 Å². The third-order valence-corrected chi connectivity index (χ3v) is 4.33. The molecule has 0 unspecified atom stereocenters. The van der Waals surface area contributed by atoms with E-state index in [4.69, 9.17) is 4.74 Å². The molecule has 2 aromatic rings. The minimum Gasteiger partial charge on any atom is -0.468 e. The monoisotopic (exact) mass is 307 g/mol. The van der Waals surface area contributed by atoms with Gasteiger partial charge in [0, 0.05) is 17.2 Å². The lowest BCUT2D eigenvalue weighted by Crippen LogP contribution is -2.47. The third kappa shape index (κ3) is 2.06. The molecule has 0 saturated carbocycles. The van der Waals surface area contributed by atoms with Crippen LogP contribution >= 0.6 is 0 Å². The summed E-state index contributed by atoms with van der Waals surface area (Å²) in [5.74, 6) is -1.51. The summed E-state index contributed by atoms with van der Waals surface area (Å²) in [5.41, 5.74) is 0.616. The maximum Gasteiger partial charge on any atom is 0.327 e. The standard InChI is InChI=1S/C19H17NO3/c1-3-14(13-9-5-4-6-10-13)19(18(22)23-2)15-11-7-8-12-16(15)20-17(19)21/h3-12,14H,1H2,2H3,(H,20,21)/t14-,19+/m1/s1. The molecular formula is C19H17NO3. The van der Waals surface area contributed by atoms with E-state index < -0.39 is 17.3 Å². The molecule has 1 amide bonds. The van der Waals surface area contributed by atoms with Gasteiger partial charge >= 0.3 is 5.97 Å². The molecule has 1 N–H and O–H groups in total. The Bertz CT molecular complexity index is 759. The van der Waals surface area contributed by atoms with Gasteiger partial charge in [-0.15, -0.1) is 6.58 Å². The Morgan fingerprint density at radius 1 is 1.17 bits per heavy atom. The van der Waals surface area contributed by atoms with Crippen molar-refractivity contribution in [2.45, 2.75) is 11.3 Å². The molecule has 4 nitrogen and oxygen atoms in total. The van der Waals surface area contributed by atoms with Crippen LogP contribution in [0.1, 0.15) is 17.0 Å². The smallest absolute Gasteiger partial charge is 0.327 e. The number of para-hydroxylation sites is 1. The number of fused-ring (bicyclic) bond motifs is 1. The number of ether oxygens (including phenoxy) is 1. The van der Waals surface area contributed by atoms with Crippen LogP contribution in [0.25, 0.3) is 0 Å². The number of hydrogen-bond acceptors (Lipinski definition) is 3. The topological polar surface area (TPSA) is 55.4 Å². The summed E-state index contributed by atoms with van der Waals surface area (Å²) >= 11 is 0. The summed E-state index contributed by atoms with van der Waals surface area (Å²) in [6.07, 6.45) is 1.63. The fraction of sp³-hybridized carbons (Fsp3) is 0.158.